The number of aryl methyl sites for hydroxylation is 1. The predicted molar refractivity (Wildman–Crippen MR) is 130 cm³/mol. The molecule has 0 saturated heterocycles. The molecule has 32 heavy (non-hydrogen) atoms. The summed E-state index contributed by atoms with van der Waals surface area (Å²) in [5, 5.41) is 3.06. The first-order valence-corrected chi connectivity index (χ1v) is 12.5. The van der Waals surface area contributed by atoms with Crippen LogP contribution in [0.5, 0.6) is 5.75 Å². The molecule has 4 aliphatic rings. The third kappa shape index (κ3) is 4.07. The third-order valence-corrected chi connectivity index (χ3v) is 8.27. The van der Waals surface area contributed by atoms with Gasteiger partial charge in [-0.1, -0.05) is 38.1 Å². The molecule has 1 unspecified atom stereocenters. The minimum absolute atomic E-state index is 0.108. The fourth-order valence-corrected chi connectivity index (χ4v) is 7.08. The van der Waals surface area contributed by atoms with Crippen molar-refractivity contribution in [1.82, 2.24) is 0 Å². The van der Waals surface area contributed by atoms with Gasteiger partial charge in [0.05, 0.1) is 0 Å². The fraction of sp³-hybridized carbons (Fsp3) is 0.552. The summed E-state index contributed by atoms with van der Waals surface area (Å²) >= 11 is 0. The van der Waals surface area contributed by atoms with E-state index in [4.69, 9.17) is 4.74 Å². The molecule has 170 valence electrons. The molecule has 2 aromatic rings. The zero-order valence-corrected chi connectivity index (χ0v) is 20.0. The molecule has 0 radical (unpaired) electrons. The van der Waals surface area contributed by atoms with Gasteiger partial charge in [-0.15, -0.1) is 0 Å². The van der Waals surface area contributed by atoms with Crippen molar-refractivity contribution in [3.8, 4) is 5.75 Å². The molecule has 1 N–H and O–H groups in total. The number of hydrogen-bond donors (Lipinski definition) is 1. The van der Waals surface area contributed by atoms with Gasteiger partial charge in [0, 0.05) is 5.69 Å². The van der Waals surface area contributed by atoms with Gasteiger partial charge in [-0.05, 0) is 116 Å². The molecular weight excluding hydrogens is 394 g/mol. The Morgan fingerprint density at radius 1 is 0.938 bits per heavy atom. The van der Waals surface area contributed by atoms with E-state index in [1.807, 2.05) is 19.9 Å². The summed E-state index contributed by atoms with van der Waals surface area (Å²) < 4.78 is 6.10. The SMILES string of the molecule is Cc1ccc(C(C)C)c(OC(C)C(=O)Nc2ccc(C34CC5CC(CC(C5)C3)C4)cc2)c1. The number of carbonyl (C=O) groups excluding carboxylic acids is 1. The van der Waals surface area contributed by atoms with Crippen LogP contribution in [0.25, 0.3) is 0 Å². The molecule has 4 saturated carbocycles. The monoisotopic (exact) mass is 431 g/mol. The maximum Gasteiger partial charge on any atom is 0.265 e. The van der Waals surface area contributed by atoms with Gasteiger partial charge in [0.25, 0.3) is 5.91 Å². The lowest BCUT2D eigenvalue weighted by atomic mass is 9.48. The first-order valence-electron chi connectivity index (χ1n) is 12.5. The van der Waals surface area contributed by atoms with Crippen molar-refractivity contribution in [3.05, 3.63) is 59.2 Å². The summed E-state index contributed by atoms with van der Waals surface area (Å²) in [6.45, 7) is 8.17. The van der Waals surface area contributed by atoms with E-state index in [-0.39, 0.29) is 5.91 Å². The van der Waals surface area contributed by atoms with Crippen molar-refractivity contribution in [2.75, 3.05) is 5.32 Å². The molecule has 1 atom stereocenters. The highest BCUT2D eigenvalue weighted by Crippen LogP contribution is 2.60. The molecule has 0 aromatic heterocycles. The van der Waals surface area contributed by atoms with Gasteiger partial charge >= 0.3 is 0 Å². The summed E-state index contributed by atoms with van der Waals surface area (Å²) in [6, 6.07) is 14.9. The van der Waals surface area contributed by atoms with E-state index in [9.17, 15) is 4.79 Å². The topological polar surface area (TPSA) is 38.3 Å². The van der Waals surface area contributed by atoms with Crippen molar-refractivity contribution in [2.24, 2.45) is 17.8 Å². The number of nitrogens with one attached hydrogen (secondary N) is 1. The lowest BCUT2D eigenvalue weighted by molar-refractivity contribution is -0.122. The Bertz CT molecular complexity index is 955. The van der Waals surface area contributed by atoms with Gasteiger partial charge in [-0.2, -0.15) is 0 Å². The summed E-state index contributed by atoms with van der Waals surface area (Å²) in [5.74, 6) is 3.87. The maximum absolute atomic E-state index is 12.9. The van der Waals surface area contributed by atoms with Crippen molar-refractivity contribution >= 4 is 11.6 Å². The smallest absolute Gasteiger partial charge is 0.265 e. The third-order valence-electron chi connectivity index (χ3n) is 8.27. The lowest BCUT2D eigenvalue weighted by Crippen LogP contribution is -2.48. The van der Waals surface area contributed by atoms with Crippen LogP contribution in [-0.2, 0) is 10.2 Å². The molecule has 0 spiro atoms. The van der Waals surface area contributed by atoms with E-state index >= 15 is 0 Å². The first-order chi connectivity index (χ1) is 15.3. The van der Waals surface area contributed by atoms with E-state index in [0.29, 0.717) is 11.3 Å². The highest BCUT2D eigenvalue weighted by atomic mass is 16.5. The summed E-state index contributed by atoms with van der Waals surface area (Å²) in [4.78, 5) is 12.9. The van der Waals surface area contributed by atoms with Crippen molar-refractivity contribution in [1.29, 1.82) is 0 Å². The van der Waals surface area contributed by atoms with Crippen LogP contribution in [0.2, 0.25) is 0 Å². The maximum atomic E-state index is 12.9. The summed E-state index contributed by atoms with van der Waals surface area (Å²) in [5.41, 5.74) is 5.01. The normalized spacial score (nSPS) is 29.2. The second-order valence-electron chi connectivity index (χ2n) is 11.2. The van der Waals surface area contributed by atoms with Gasteiger partial charge in [0.1, 0.15) is 5.75 Å². The van der Waals surface area contributed by atoms with Gasteiger partial charge < -0.3 is 10.1 Å². The highest BCUT2D eigenvalue weighted by Gasteiger charge is 2.51. The molecule has 3 heteroatoms. The number of ether oxygens (including phenoxy) is 1. The first kappa shape index (κ1) is 21.6. The Hall–Kier alpha value is -2.29. The molecule has 0 heterocycles. The van der Waals surface area contributed by atoms with E-state index in [0.717, 1.165) is 40.3 Å². The van der Waals surface area contributed by atoms with Crippen LogP contribution in [0, 0.1) is 24.7 Å². The fourth-order valence-electron chi connectivity index (χ4n) is 7.08. The molecule has 4 fully saturated rings. The van der Waals surface area contributed by atoms with Crippen LogP contribution in [-0.4, -0.2) is 12.0 Å². The van der Waals surface area contributed by atoms with E-state index < -0.39 is 6.10 Å². The van der Waals surface area contributed by atoms with E-state index in [1.165, 1.54) is 44.1 Å². The Morgan fingerprint density at radius 3 is 2.09 bits per heavy atom. The van der Waals surface area contributed by atoms with Crippen LogP contribution < -0.4 is 10.1 Å². The van der Waals surface area contributed by atoms with Crippen LogP contribution in [0.1, 0.15) is 81.9 Å². The van der Waals surface area contributed by atoms with Crippen molar-refractivity contribution in [2.45, 2.75) is 83.7 Å². The largest absolute Gasteiger partial charge is 0.481 e. The minimum atomic E-state index is -0.558. The molecule has 6 rings (SSSR count). The van der Waals surface area contributed by atoms with E-state index in [1.54, 1.807) is 0 Å². The number of rotatable bonds is 6. The Morgan fingerprint density at radius 2 is 1.53 bits per heavy atom. The number of benzene rings is 2. The average Bonchev–Trinajstić information content (AvgIpc) is 2.73. The van der Waals surface area contributed by atoms with Crippen LogP contribution >= 0.6 is 0 Å². The van der Waals surface area contributed by atoms with Crippen LogP contribution in [0.15, 0.2) is 42.5 Å². The zero-order valence-electron chi connectivity index (χ0n) is 20.0. The Kier molecular flexibility index (Phi) is 5.55. The van der Waals surface area contributed by atoms with Gasteiger partial charge in [0.15, 0.2) is 6.10 Å². The van der Waals surface area contributed by atoms with Crippen molar-refractivity contribution < 1.29 is 9.53 Å². The van der Waals surface area contributed by atoms with Gasteiger partial charge in [-0.3, -0.25) is 4.79 Å². The predicted octanol–water partition coefficient (Wildman–Crippen LogP) is 6.99. The molecular formula is C29H37NO2. The van der Waals surface area contributed by atoms with Gasteiger partial charge in [0.2, 0.25) is 0 Å². The van der Waals surface area contributed by atoms with Crippen LogP contribution in [0.4, 0.5) is 5.69 Å². The molecule has 0 aliphatic heterocycles. The number of hydrogen-bond acceptors (Lipinski definition) is 2. The Balaban J connectivity index is 1.25. The summed E-state index contributed by atoms with van der Waals surface area (Å²) in [7, 11) is 0. The molecule has 3 nitrogen and oxygen atoms in total. The average molecular weight is 432 g/mol. The Labute approximate surface area is 192 Å². The molecule has 1 amide bonds. The quantitative estimate of drug-likeness (QED) is 0.535. The second kappa shape index (κ2) is 8.24. The molecule has 2 aromatic carbocycles. The summed E-state index contributed by atoms with van der Waals surface area (Å²) in [6.07, 6.45) is 7.93. The second-order valence-corrected chi connectivity index (χ2v) is 11.2. The zero-order chi connectivity index (χ0) is 22.5. The number of anilines is 1. The van der Waals surface area contributed by atoms with Crippen LogP contribution in [0.3, 0.4) is 0 Å². The molecule has 4 bridgehead atoms. The minimum Gasteiger partial charge on any atom is -0.481 e. The molecule has 4 aliphatic carbocycles. The van der Waals surface area contributed by atoms with Gasteiger partial charge in [-0.25, -0.2) is 0 Å². The van der Waals surface area contributed by atoms with E-state index in [2.05, 4.69) is 55.6 Å². The van der Waals surface area contributed by atoms with Crippen molar-refractivity contribution in [3.63, 3.8) is 0 Å². The standard InChI is InChI=1S/C29H37NO2/c1-18(2)26-10-5-19(3)11-27(26)32-20(4)28(31)30-25-8-6-24(7-9-25)29-15-21-12-22(16-29)14-23(13-21)17-29/h5-11,18,20-23H,12-17H2,1-4H3,(H,30,31). The number of amides is 1. The number of carbonyl (C=O) groups is 1. The lowest BCUT2D eigenvalue weighted by Gasteiger charge is -2.57. The highest BCUT2D eigenvalue weighted by molar-refractivity contribution is 5.94.